The van der Waals surface area contributed by atoms with Gasteiger partial charge in [0.1, 0.15) is 0 Å². The number of rotatable bonds is 5. The van der Waals surface area contributed by atoms with Crippen LogP contribution in [0.3, 0.4) is 0 Å². The van der Waals surface area contributed by atoms with Gasteiger partial charge in [0.25, 0.3) is 5.91 Å². The van der Waals surface area contributed by atoms with Crippen LogP contribution in [0.1, 0.15) is 42.5 Å². The summed E-state index contributed by atoms with van der Waals surface area (Å²) in [6.07, 6.45) is 8.53. The summed E-state index contributed by atoms with van der Waals surface area (Å²) in [5.74, 6) is -0.0272. The summed E-state index contributed by atoms with van der Waals surface area (Å²) in [6.45, 7) is 0.886. The Kier molecular flexibility index (Phi) is 5.26. The molecule has 0 aromatic heterocycles. The molecule has 0 atom stereocenters. The van der Waals surface area contributed by atoms with Crippen LogP contribution in [-0.2, 0) is 0 Å². The first kappa shape index (κ1) is 15.4. The molecule has 1 amide bonds. The summed E-state index contributed by atoms with van der Waals surface area (Å²) in [6, 6.07) is 5.45. The normalized spacial score (nSPS) is 14.5. The van der Waals surface area contributed by atoms with Crippen molar-refractivity contribution in [3.8, 4) is 0 Å². The Morgan fingerprint density at radius 2 is 2.14 bits per heavy atom. The second kappa shape index (κ2) is 7.16. The van der Waals surface area contributed by atoms with Gasteiger partial charge >= 0.3 is 0 Å². The van der Waals surface area contributed by atoms with Gasteiger partial charge in [0.15, 0.2) is 0 Å². The van der Waals surface area contributed by atoms with Crippen LogP contribution < -0.4 is 11.1 Å². The molecule has 0 saturated heterocycles. The molecule has 3 N–H and O–H groups in total. The van der Waals surface area contributed by atoms with Gasteiger partial charge in [0, 0.05) is 26.2 Å². The number of hydrogen-bond donors (Lipinski definition) is 2. The lowest BCUT2D eigenvalue weighted by Crippen LogP contribution is -2.21. The minimum absolute atomic E-state index is 0.0272. The second-order valence-corrected chi connectivity index (χ2v) is 5.79. The monoisotopic (exact) mass is 287 g/mol. The number of nitrogen functional groups attached to an aromatic ring is 1. The molecule has 1 aliphatic rings. The van der Waals surface area contributed by atoms with Gasteiger partial charge in [0.05, 0.1) is 11.4 Å². The molecule has 0 spiro atoms. The van der Waals surface area contributed by atoms with E-state index in [0.29, 0.717) is 11.3 Å². The molecule has 0 heterocycles. The molecule has 21 heavy (non-hydrogen) atoms. The predicted molar refractivity (Wildman–Crippen MR) is 88.5 cm³/mol. The molecule has 1 aromatic rings. The number of amides is 1. The fraction of sp³-hybridized carbons (Fsp3) is 0.471. The van der Waals surface area contributed by atoms with Crippen LogP contribution in [0, 0.1) is 0 Å². The average molecular weight is 287 g/mol. The van der Waals surface area contributed by atoms with Crippen molar-refractivity contribution in [1.82, 2.24) is 4.90 Å². The molecule has 114 valence electrons. The van der Waals surface area contributed by atoms with Gasteiger partial charge in [0.2, 0.25) is 0 Å². The number of benzene rings is 1. The molecule has 0 saturated carbocycles. The minimum Gasteiger partial charge on any atom is -0.397 e. The van der Waals surface area contributed by atoms with E-state index in [1.54, 1.807) is 30.6 Å². The SMILES string of the molecule is CN(C)C(=O)c1ccc(NCCC2=CCCCC2)c(N)c1. The third kappa shape index (κ3) is 4.25. The summed E-state index contributed by atoms with van der Waals surface area (Å²) in [4.78, 5) is 13.4. The third-order valence-electron chi connectivity index (χ3n) is 3.85. The number of allylic oxidation sites excluding steroid dienone is 1. The Labute approximate surface area is 127 Å². The highest BCUT2D eigenvalue weighted by molar-refractivity contribution is 5.95. The van der Waals surface area contributed by atoms with Crippen molar-refractivity contribution in [3.05, 3.63) is 35.4 Å². The molecule has 4 nitrogen and oxygen atoms in total. The van der Waals surface area contributed by atoms with Crippen LogP contribution in [0.15, 0.2) is 29.8 Å². The van der Waals surface area contributed by atoms with Crippen LogP contribution in [0.25, 0.3) is 0 Å². The zero-order valence-corrected chi connectivity index (χ0v) is 13.0. The summed E-state index contributed by atoms with van der Waals surface area (Å²) in [5.41, 5.74) is 9.73. The molecule has 4 heteroatoms. The molecule has 0 unspecified atom stereocenters. The first-order valence-corrected chi connectivity index (χ1v) is 7.61. The zero-order valence-electron chi connectivity index (χ0n) is 13.0. The summed E-state index contributed by atoms with van der Waals surface area (Å²) in [7, 11) is 3.48. The maximum Gasteiger partial charge on any atom is 0.253 e. The molecule has 2 rings (SSSR count). The molecule has 0 fully saturated rings. The van der Waals surface area contributed by atoms with Crippen LogP contribution in [0.4, 0.5) is 11.4 Å². The molecule has 1 aliphatic carbocycles. The Bertz CT molecular complexity index is 535. The van der Waals surface area contributed by atoms with Gasteiger partial charge in [-0.25, -0.2) is 0 Å². The zero-order chi connectivity index (χ0) is 15.2. The number of nitrogens with one attached hydrogen (secondary N) is 1. The minimum atomic E-state index is -0.0272. The molecule has 0 radical (unpaired) electrons. The van der Waals surface area contributed by atoms with Gasteiger partial charge in [-0.1, -0.05) is 11.6 Å². The maximum atomic E-state index is 11.9. The number of carbonyl (C=O) groups excluding carboxylic acids is 1. The van der Waals surface area contributed by atoms with E-state index in [0.717, 1.165) is 18.7 Å². The lowest BCUT2D eigenvalue weighted by molar-refractivity contribution is 0.0827. The van der Waals surface area contributed by atoms with Gasteiger partial charge in [-0.15, -0.1) is 0 Å². The topological polar surface area (TPSA) is 58.4 Å². The number of carbonyl (C=O) groups is 1. The van der Waals surface area contributed by atoms with Crippen molar-refractivity contribution in [3.63, 3.8) is 0 Å². The maximum absolute atomic E-state index is 11.9. The van der Waals surface area contributed by atoms with E-state index in [1.165, 1.54) is 25.7 Å². The lowest BCUT2D eigenvalue weighted by Gasteiger charge is -2.15. The van der Waals surface area contributed by atoms with E-state index in [1.807, 2.05) is 12.1 Å². The van der Waals surface area contributed by atoms with E-state index in [9.17, 15) is 4.79 Å². The molecule has 0 bridgehead atoms. The van der Waals surface area contributed by atoms with Crippen molar-refractivity contribution in [2.75, 3.05) is 31.7 Å². The highest BCUT2D eigenvalue weighted by Crippen LogP contribution is 2.23. The van der Waals surface area contributed by atoms with Crippen LogP contribution >= 0.6 is 0 Å². The number of anilines is 2. The molecule has 1 aromatic carbocycles. The first-order chi connectivity index (χ1) is 10.1. The van der Waals surface area contributed by atoms with Gasteiger partial charge in [-0.2, -0.15) is 0 Å². The van der Waals surface area contributed by atoms with Crippen molar-refractivity contribution in [1.29, 1.82) is 0 Å². The Hall–Kier alpha value is -1.97. The average Bonchev–Trinajstić information content (AvgIpc) is 2.49. The Morgan fingerprint density at radius 3 is 2.76 bits per heavy atom. The van der Waals surface area contributed by atoms with Crippen molar-refractivity contribution < 1.29 is 4.79 Å². The highest BCUT2D eigenvalue weighted by atomic mass is 16.2. The third-order valence-corrected chi connectivity index (χ3v) is 3.85. The van der Waals surface area contributed by atoms with Gasteiger partial charge in [-0.05, 0) is 50.3 Å². The lowest BCUT2D eigenvalue weighted by atomic mass is 9.97. The van der Waals surface area contributed by atoms with E-state index in [2.05, 4.69) is 11.4 Å². The van der Waals surface area contributed by atoms with Crippen LogP contribution in [0.5, 0.6) is 0 Å². The fourth-order valence-corrected chi connectivity index (χ4v) is 2.60. The van der Waals surface area contributed by atoms with Crippen LogP contribution in [-0.4, -0.2) is 31.4 Å². The van der Waals surface area contributed by atoms with Gasteiger partial charge < -0.3 is 16.0 Å². The van der Waals surface area contributed by atoms with E-state index >= 15 is 0 Å². The molecular formula is C17H25N3O. The first-order valence-electron chi connectivity index (χ1n) is 7.61. The van der Waals surface area contributed by atoms with Crippen LogP contribution in [0.2, 0.25) is 0 Å². The highest BCUT2D eigenvalue weighted by Gasteiger charge is 2.10. The Balaban J connectivity index is 1.92. The van der Waals surface area contributed by atoms with Crippen molar-refractivity contribution >= 4 is 17.3 Å². The van der Waals surface area contributed by atoms with E-state index in [4.69, 9.17) is 5.73 Å². The Morgan fingerprint density at radius 1 is 1.33 bits per heavy atom. The fourth-order valence-electron chi connectivity index (χ4n) is 2.60. The summed E-state index contributed by atoms with van der Waals surface area (Å²) >= 11 is 0. The second-order valence-electron chi connectivity index (χ2n) is 5.79. The number of nitrogens with two attached hydrogens (primary N) is 1. The van der Waals surface area contributed by atoms with Crippen molar-refractivity contribution in [2.45, 2.75) is 32.1 Å². The quantitative estimate of drug-likeness (QED) is 0.645. The standard InChI is InChI=1S/C17H25N3O/c1-20(2)17(21)14-8-9-16(15(18)12-14)19-11-10-13-6-4-3-5-7-13/h6,8-9,12,19H,3-5,7,10-11,18H2,1-2H3. The van der Waals surface area contributed by atoms with E-state index in [-0.39, 0.29) is 5.91 Å². The summed E-state index contributed by atoms with van der Waals surface area (Å²) in [5, 5.41) is 3.36. The largest absolute Gasteiger partial charge is 0.397 e. The van der Waals surface area contributed by atoms with Gasteiger partial charge in [-0.3, -0.25) is 4.79 Å². The predicted octanol–water partition coefficient (Wildman–Crippen LogP) is 3.27. The summed E-state index contributed by atoms with van der Waals surface area (Å²) < 4.78 is 0. The number of hydrogen-bond acceptors (Lipinski definition) is 3. The number of nitrogens with zero attached hydrogens (tertiary/aromatic N) is 1. The molecular weight excluding hydrogens is 262 g/mol. The molecule has 0 aliphatic heterocycles. The smallest absolute Gasteiger partial charge is 0.253 e. The van der Waals surface area contributed by atoms with Crippen molar-refractivity contribution in [2.24, 2.45) is 0 Å². The van der Waals surface area contributed by atoms with E-state index < -0.39 is 0 Å².